The van der Waals surface area contributed by atoms with Gasteiger partial charge < -0.3 is 9.47 Å². The highest BCUT2D eigenvalue weighted by atomic mass is 16.5. The minimum Gasteiger partial charge on any atom is -0.463 e. The second kappa shape index (κ2) is 9.11. The van der Waals surface area contributed by atoms with E-state index in [0.29, 0.717) is 13.2 Å². The fraction of sp³-hybridized carbons (Fsp3) is 0.312. The first-order valence-electron chi connectivity index (χ1n) is 6.35. The Morgan fingerprint density at radius 3 is 2.58 bits per heavy atom. The van der Waals surface area contributed by atoms with Crippen LogP contribution in [-0.2, 0) is 14.3 Å². The molecule has 3 nitrogen and oxygen atoms in total. The fourth-order valence-corrected chi connectivity index (χ4v) is 1.55. The molecular weight excluding hydrogens is 240 g/mol. The summed E-state index contributed by atoms with van der Waals surface area (Å²) in [5, 5.41) is 0. The van der Waals surface area contributed by atoms with E-state index < -0.39 is 0 Å². The number of ether oxygens (including phenoxy) is 2. The Kier molecular flexibility index (Phi) is 7.28. The highest BCUT2D eigenvalue weighted by molar-refractivity contribution is 5.82. The largest absolute Gasteiger partial charge is 0.463 e. The van der Waals surface area contributed by atoms with Gasteiger partial charge in [0, 0.05) is 13.2 Å². The lowest BCUT2D eigenvalue weighted by molar-refractivity contribution is -0.137. The number of carbonyl (C=O) groups excluding carboxylic acids is 1. The molecule has 102 valence electrons. The molecule has 0 atom stereocenters. The lowest BCUT2D eigenvalue weighted by atomic mass is 10.1. The number of methoxy groups -OCH3 is 1. The number of allylic oxidation sites excluding steroid dienone is 1. The summed E-state index contributed by atoms with van der Waals surface area (Å²) < 4.78 is 9.94. The fourth-order valence-electron chi connectivity index (χ4n) is 1.55. The van der Waals surface area contributed by atoms with E-state index in [0.717, 1.165) is 17.6 Å². The normalized spacial score (nSPS) is 11.8. The van der Waals surface area contributed by atoms with Crippen LogP contribution in [0.2, 0.25) is 0 Å². The van der Waals surface area contributed by atoms with Crippen molar-refractivity contribution in [3.63, 3.8) is 0 Å². The van der Waals surface area contributed by atoms with Crippen LogP contribution < -0.4 is 0 Å². The molecule has 0 heterocycles. The second-order valence-corrected chi connectivity index (χ2v) is 3.96. The average Bonchev–Trinajstić information content (AvgIpc) is 2.43. The van der Waals surface area contributed by atoms with Crippen molar-refractivity contribution >= 4 is 12.0 Å². The number of hydrogen-bond donors (Lipinski definition) is 0. The van der Waals surface area contributed by atoms with Crippen LogP contribution in [0.3, 0.4) is 0 Å². The van der Waals surface area contributed by atoms with Crippen molar-refractivity contribution in [3.05, 3.63) is 53.6 Å². The van der Waals surface area contributed by atoms with Gasteiger partial charge in [0.1, 0.15) is 0 Å². The molecule has 0 aliphatic carbocycles. The molecule has 1 aromatic carbocycles. The molecule has 0 aliphatic heterocycles. The van der Waals surface area contributed by atoms with Crippen molar-refractivity contribution in [2.45, 2.75) is 13.3 Å². The van der Waals surface area contributed by atoms with Gasteiger partial charge >= 0.3 is 5.97 Å². The monoisotopic (exact) mass is 260 g/mol. The van der Waals surface area contributed by atoms with Crippen molar-refractivity contribution < 1.29 is 14.3 Å². The third-order valence-corrected chi connectivity index (χ3v) is 2.47. The van der Waals surface area contributed by atoms with Crippen LogP contribution in [0.15, 0.2) is 48.1 Å². The van der Waals surface area contributed by atoms with E-state index in [4.69, 9.17) is 9.47 Å². The van der Waals surface area contributed by atoms with E-state index in [9.17, 15) is 4.79 Å². The van der Waals surface area contributed by atoms with Crippen molar-refractivity contribution in [2.24, 2.45) is 0 Å². The van der Waals surface area contributed by atoms with Crippen molar-refractivity contribution in [1.29, 1.82) is 0 Å². The Morgan fingerprint density at radius 2 is 1.95 bits per heavy atom. The first-order chi connectivity index (χ1) is 9.26. The van der Waals surface area contributed by atoms with Gasteiger partial charge in [0.2, 0.25) is 0 Å². The van der Waals surface area contributed by atoms with Crippen LogP contribution in [0.4, 0.5) is 0 Å². The van der Waals surface area contributed by atoms with E-state index in [1.54, 1.807) is 20.1 Å². The Morgan fingerprint density at radius 1 is 1.21 bits per heavy atom. The Labute approximate surface area is 114 Å². The third-order valence-electron chi connectivity index (χ3n) is 2.47. The number of esters is 1. The van der Waals surface area contributed by atoms with E-state index >= 15 is 0 Å². The first-order valence-corrected chi connectivity index (χ1v) is 6.35. The maximum absolute atomic E-state index is 11.3. The predicted molar refractivity (Wildman–Crippen MR) is 76.7 cm³/mol. The van der Waals surface area contributed by atoms with Gasteiger partial charge in [-0.2, -0.15) is 0 Å². The summed E-state index contributed by atoms with van der Waals surface area (Å²) >= 11 is 0. The standard InChI is InChI=1S/C16H20O3/c1-3-19-16(17)10-9-15(11-12-18-2)13-14-7-5-4-6-8-14/h4-10,13H,3,11-12H2,1-2H3/b10-9+,15-13-. The number of hydrogen-bond acceptors (Lipinski definition) is 3. The Bertz CT molecular complexity index is 433. The molecule has 19 heavy (non-hydrogen) atoms. The molecule has 0 radical (unpaired) electrons. The van der Waals surface area contributed by atoms with Crippen molar-refractivity contribution in [3.8, 4) is 0 Å². The van der Waals surface area contributed by atoms with E-state index in [2.05, 4.69) is 0 Å². The second-order valence-electron chi connectivity index (χ2n) is 3.96. The van der Waals surface area contributed by atoms with Gasteiger partial charge in [0.05, 0.1) is 13.2 Å². The van der Waals surface area contributed by atoms with E-state index in [-0.39, 0.29) is 5.97 Å². The Balaban J connectivity index is 2.77. The van der Waals surface area contributed by atoms with Gasteiger partial charge in [0.25, 0.3) is 0 Å². The maximum Gasteiger partial charge on any atom is 0.330 e. The van der Waals surface area contributed by atoms with Gasteiger partial charge in [0.15, 0.2) is 0 Å². The predicted octanol–water partition coefficient (Wildman–Crippen LogP) is 3.23. The molecule has 0 fully saturated rings. The summed E-state index contributed by atoms with van der Waals surface area (Å²) in [6, 6.07) is 9.97. The quantitative estimate of drug-likeness (QED) is 0.429. The van der Waals surface area contributed by atoms with Gasteiger partial charge in [-0.05, 0) is 24.5 Å². The third kappa shape index (κ3) is 6.58. The van der Waals surface area contributed by atoms with Gasteiger partial charge in [-0.3, -0.25) is 0 Å². The average molecular weight is 260 g/mol. The maximum atomic E-state index is 11.3. The van der Waals surface area contributed by atoms with Gasteiger partial charge in [-0.25, -0.2) is 4.79 Å². The van der Waals surface area contributed by atoms with Gasteiger partial charge in [-0.1, -0.05) is 42.5 Å². The highest BCUT2D eigenvalue weighted by Gasteiger charge is 1.98. The molecule has 0 saturated carbocycles. The molecule has 0 aliphatic rings. The smallest absolute Gasteiger partial charge is 0.330 e. The minimum absolute atomic E-state index is 0.320. The summed E-state index contributed by atoms with van der Waals surface area (Å²) in [6.07, 6.45) is 6.02. The molecule has 0 bridgehead atoms. The van der Waals surface area contributed by atoms with Crippen LogP contribution >= 0.6 is 0 Å². The summed E-state index contributed by atoms with van der Waals surface area (Å²) in [5.74, 6) is -0.320. The van der Waals surface area contributed by atoms with E-state index in [1.165, 1.54) is 6.08 Å². The number of carbonyl (C=O) groups is 1. The lowest BCUT2D eigenvalue weighted by Crippen LogP contribution is -1.99. The van der Waals surface area contributed by atoms with Crippen LogP contribution in [0.5, 0.6) is 0 Å². The SMILES string of the molecule is CCOC(=O)/C=C/C(=C/c1ccccc1)CCOC. The molecule has 0 unspecified atom stereocenters. The van der Waals surface area contributed by atoms with Gasteiger partial charge in [-0.15, -0.1) is 0 Å². The zero-order valence-electron chi connectivity index (χ0n) is 11.5. The molecule has 0 N–H and O–H groups in total. The molecule has 0 saturated heterocycles. The molecule has 0 spiro atoms. The molecule has 3 heteroatoms. The molecule has 1 aromatic rings. The van der Waals surface area contributed by atoms with Crippen LogP contribution in [-0.4, -0.2) is 26.3 Å². The van der Waals surface area contributed by atoms with E-state index in [1.807, 2.05) is 36.4 Å². The molecule has 0 aromatic heterocycles. The van der Waals surface area contributed by atoms with Crippen molar-refractivity contribution in [2.75, 3.05) is 20.3 Å². The lowest BCUT2D eigenvalue weighted by Gasteiger charge is -2.02. The zero-order chi connectivity index (χ0) is 13.9. The van der Waals surface area contributed by atoms with Crippen LogP contribution in [0, 0.1) is 0 Å². The number of rotatable bonds is 7. The summed E-state index contributed by atoms with van der Waals surface area (Å²) in [6.45, 7) is 2.79. The summed E-state index contributed by atoms with van der Waals surface area (Å²) in [7, 11) is 1.66. The highest BCUT2D eigenvalue weighted by Crippen LogP contribution is 2.11. The van der Waals surface area contributed by atoms with Crippen LogP contribution in [0.25, 0.3) is 6.08 Å². The molecule has 1 rings (SSSR count). The minimum atomic E-state index is -0.320. The first kappa shape index (κ1) is 15.2. The summed E-state index contributed by atoms with van der Waals surface area (Å²) in [5.41, 5.74) is 2.13. The summed E-state index contributed by atoms with van der Waals surface area (Å²) in [4.78, 5) is 11.3. The molecular formula is C16H20O3. The topological polar surface area (TPSA) is 35.5 Å². The Hall–Kier alpha value is -1.87. The van der Waals surface area contributed by atoms with Crippen LogP contribution in [0.1, 0.15) is 18.9 Å². The van der Waals surface area contributed by atoms with Crippen molar-refractivity contribution in [1.82, 2.24) is 0 Å². The zero-order valence-corrected chi connectivity index (χ0v) is 11.5. The number of benzene rings is 1. The molecule has 0 amide bonds.